The molecule has 0 spiro atoms. The number of nitro groups is 1. The highest BCUT2D eigenvalue weighted by Crippen LogP contribution is 2.43. The summed E-state index contributed by atoms with van der Waals surface area (Å²) in [4.78, 5) is 10.6. The normalized spacial score (nSPS) is 15.9. The van der Waals surface area contributed by atoms with Crippen molar-refractivity contribution >= 4 is 11.4 Å². The van der Waals surface area contributed by atoms with E-state index in [0.717, 1.165) is 12.8 Å². The van der Waals surface area contributed by atoms with E-state index in [2.05, 4.69) is 5.32 Å². The molecule has 1 fully saturated rings. The average Bonchev–Trinajstić information content (AvgIpc) is 3.05. The van der Waals surface area contributed by atoms with Gasteiger partial charge >= 0.3 is 0 Å². The zero-order valence-corrected chi connectivity index (χ0v) is 10.6. The minimum absolute atomic E-state index is 0.000718. The van der Waals surface area contributed by atoms with Crippen molar-refractivity contribution in [1.29, 1.82) is 0 Å². The number of methoxy groups -OCH3 is 2. The van der Waals surface area contributed by atoms with Gasteiger partial charge in [-0.15, -0.1) is 0 Å². The first-order valence-electron chi connectivity index (χ1n) is 5.68. The van der Waals surface area contributed by atoms with Crippen molar-refractivity contribution in [3.05, 3.63) is 22.2 Å². The van der Waals surface area contributed by atoms with Crippen LogP contribution in [0.15, 0.2) is 12.1 Å². The third kappa shape index (κ3) is 2.32. The first-order valence-corrected chi connectivity index (χ1v) is 5.68. The first kappa shape index (κ1) is 12.5. The Bertz CT molecular complexity index is 483. The smallest absolute Gasteiger partial charge is 0.296 e. The minimum atomic E-state index is -0.421. The molecule has 0 radical (unpaired) electrons. The molecule has 2 rings (SSSR count). The number of nitrogens with zero attached hydrogens (tertiary/aromatic N) is 1. The number of nitro benzene ring substituents is 1. The van der Waals surface area contributed by atoms with Crippen molar-refractivity contribution in [2.24, 2.45) is 0 Å². The van der Waals surface area contributed by atoms with Crippen LogP contribution in [0.25, 0.3) is 0 Å². The van der Waals surface area contributed by atoms with Gasteiger partial charge in [0, 0.05) is 11.6 Å². The molecular formula is C12H16N2O4. The van der Waals surface area contributed by atoms with E-state index < -0.39 is 4.92 Å². The molecule has 0 amide bonds. The van der Waals surface area contributed by atoms with E-state index in [4.69, 9.17) is 9.47 Å². The Labute approximate surface area is 105 Å². The van der Waals surface area contributed by atoms with E-state index in [-0.39, 0.29) is 11.2 Å². The van der Waals surface area contributed by atoms with Gasteiger partial charge in [0.25, 0.3) is 5.69 Å². The van der Waals surface area contributed by atoms with Gasteiger partial charge in [0.1, 0.15) is 5.69 Å². The lowest BCUT2D eigenvalue weighted by Crippen LogP contribution is -2.17. The molecule has 0 unspecified atom stereocenters. The Morgan fingerprint density at radius 2 is 1.83 bits per heavy atom. The zero-order valence-electron chi connectivity index (χ0n) is 10.6. The second kappa shape index (κ2) is 4.36. The van der Waals surface area contributed by atoms with Crippen LogP contribution >= 0.6 is 0 Å². The molecule has 0 saturated heterocycles. The van der Waals surface area contributed by atoms with Crippen LogP contribution in [-0.4, -0.2) is 24.7 Å². The molecule has 0 bridgehead atoms. The van der Waals surface area contributed by atoms with Crippen LogP contribution in [-0.2, 0) is 0 Å². The van der Waals surface area contributed by atoms with Gasteiger partial charge in [-0.1, -0.05) is 0 Å². The number of rotatable bonds is 5. The zero-order chi connectivity index (χ0) is 13.3. The van der Waals surface area contributed by atoms with E-state index in [0.29, 0.717) is 17.2 Å². The molecule has 6 nitrogen and oxygen atoms in total. The van der Waals surface area contributed by atoms with Crippen molar-refractivity contribution in [2.75, 3.05) is 19.5 Å². The van der Waals surface area contributed by atoms with E-state index in [1.807, 2.05) is 6.92 Å². The SMILES string of the molecule is COc1cc(NC2(C)CC2)c([N+](=O)[O-])cc1OC. The lowest BCUT2D eigenvalue weighted by molar-refractivity contribution is -0.384. The van der Waals surface area contributed by atoms with Gasteiger partial charge < -0.3 is 14.8 Å². The molecule has 1 N–H and O–H groups in total. The van der Waals surface area contributed by atoms with Crippen LogP contribution in [0.2, 0.25) is 0 Å². The number of nitrogens with one attached hydrogen (secondary N) is 1. The second-order valence-electron chi connectivity index (χ2n) is 4.67. The molecule has 18 heavy (non-hydrogen) atoms. The summed E-state index contributed by atoms with van der Waals surface area (Å²) in [5, 5.41) is 14.3. The van der Waals surface area contributed by atoms with Crippen molar-refractivity contribution < 1.29 is 14.4 Å². The number of ether oxygens (including phenoxy) is 2. The monoisotopic (exact) mass is 252 g/mol. The quantitative estimate of drug-likeness (QED) is 0.644. The highest BCUT2D eigenvalue weighted by Gasteiger charge is 2.39. The lowest BCUT2D eigenvalue weighted by Gasteiger charge is -2.15. The van der Waals surface area contributed by atoms with E-state index in [1.165, 1.54) is 20.3 Å². The molecule has 98 valence electrons. The summed E-state index contributed by atoms with van der Waals surface area (Å²) in [7, 11) is 2.96. The molecule has 1 saturated carbocycles. The highest BCUT2D eigenvalue weighted by atomic mass is 16.6. The first-order chi connectivity index (χ1) is 8.49. The number of benzene rings is 1. The van der Waals surface area contributed by atoms with Gasteiger partial charge in [-0.2, -0.15) is 0 Å². The predicted octanol–water partition coefficient (Wildman–Crippen LogP) is 2.58. The average molecular weight is 252 g/mol. The Morgan fingerprint density at radius 3 is 2.28 bits per heavy atom. The van der Waals surface area contributed by atoms with Crippen LogP contribution in [0, 0.1) is 10.1 Å². The molecule has 0 aromatic heterocycles. The second-order valence-corrected chi connectivity index (χ2v) is 4.67. The van der Waals surface area contributed by atoms with Gasteiger partial charge in [-0.25, -0.2) is 0 Å². The Hall–Kier alpha value is -1.98. The molecule has 0 aliphatic heterocycles. The van der Waals surface area contributed by atoms with E-state index in [9.17, 15) is 10.1 Å². The molecule has 0 heterocycles. The minimum Gasteiger partial charge on any atom is -0.493 e. The largest absolute Gasteiger partial charge is 0.493 e. The number of anilines is 1. The van der Waals surface area contributed by atoms with E-state index >= 15 is 0 Å². The third-order valence-corrected chi connectivity index (χ3v) is 3.14. The molecule has 1 aromatic carbocycles. The fourth-order valence-corrected chi connectivity index (χ4v) is 1.76. The summed E-state index contributed by atoms with van der Waals surface area (Å²) in [6, 6.07) is 2.99. The molecule has 6 heteroatoms. The van der Waals surface area contributed by atoms with Crippen molar-refractivity contribution in [3.63, 3.8) is 0 Å². The Balaban J connectivity index is 2.44. The number of hydrogen-bond donors (Lipinski definition) is 1. The maximum Gasteiger partial charge on any atom is 0.296 e. The summed E-state index contributed by atoms with van der Waals surface area (Å²) in [5.41, 5.74) is 0.433. The van der Waals surface area contributed by atoms with E-state index in [1.54, 1.807) is 6.07 Å². The van der Waals surface area contributed by atoms with Crippen LogP contribution < -0.4 is 14.8 Å². The Kier molecular flexibility index (Phi) is 3.02. The maximum absolute atomic E-state index is 11.1. The Morgan fingerprint density at radius 1 is 1.28 bits per heavy atom. The van der Waals surface area contributed by atoms with Gasteiger partial charge in [0.05, 0.1) is 25.2 Å². The van der Waals surface area contributed by atoms with Crippen LogP contribution in [0.5, 0.6) is 11.5 Å². The van der Waals surface area contributed by atoms with Gasteiger partial charge in [0.2, 0.25) is 0 Å². The van der Waals surface area contributed by atoms with Gasteiger partial charge in [0.15, 0.2) is 11.5 Å². The van der Waals surface area contributed by atoms with Gasteiger partial charge in [-0.3, -0.25) is 10.1 Å². The summed E-state index contributed by atoms with van der Waals surface area (Å²) < 4.78 is 10.2. The lowest BCUT2D eigenvalue weighted by atomic mass is 10.2. The van der Waals surface area contributed by atoms with Crippen molar-refractivity contribution in [3.8, 4) is 11.5 Å². The third-order valence-electron chi connectivity index (χ3n) is 3.14. The maximum atomic E-state index is 11.1. The highest BCUT2D eigenvalue weighted by molar-refractivity contribution is 5.69. The molecular weight excluding hydrogens is 236 g/mol. The molecule has 1 aliphatic rings. The van der Waals surface area contributed by atoms with Crippen molar-refractivity contribution in [2.45, 2.75) is 25.3 Å². The number of hydrogen-bond acceptors (Lipinski definition) is 5. The fraction of sp³-hybridized carbons (Fsp3) is 0.500. The van der Waals surface area contributed by atoms with Crippen LogP contribution in [0.1, 0.15) is 19.8 Å². The summed E-state index contributed by atoms with van der Waals surface area (Å²) in [5.74, 6) is 0.838. The van der Waals surface area contributed by atoms with Crippen molar-refractivity contribution in [1.82, 2.24) is 0 Å². The topological polar surface area (TPSA) is 73.6 Å². The summed E-state index contributed by atoms with van der Waals surface area (Å²) >= 11 is 0. The molecule has 1 aliphatic carbocycles. The van der Waals surface area contributed by atoms with Crippen LogP contribution in [0.3, 0.4) is 0 Å². The van der Waals surface area contributed by atoms with Crippen LogP contribution in [0.4, 0.5) is 11.4 Å². The fourth-order valence-electron chi connectivity index (χ4n) is 1.76. The van der Waals surface area contributed by atoms with Gasteiger partial charge in [-0.05, 0) is 19.8 Å². The predicted molar refractivity (Wildman–Crippen MR) is 67.5 cm³/mol. The standard InChI is InChI=1S/C12H16N2O4/c1-12(4-5-12)13-8-6-10(17-2)11(18-3)7-9(8)14(15)16/h6-7,13H,4-5H2,1-3H3. The summed E-state index contributed by atoms with van der Waals surface area (Å²) in [6.45, 7) is 2.04. The molecule has 0 atom stereocenters. The molecule has 1 aromatic rings. The summed E-state index contributed by atoms with van der Waals surface area (Å²) in [6.07, 6.45) is 2.02.